The Morgan fingerprint density at radius 1 is 0.625 bits per heavy atom. The molecule has 0 aromatic heterocycles. The van der Waals surface area contributed by atoms with Gasteiger partial charge in [-0.05, 0) is 38.5 Å². The van der Waals surface area contributed by atoms with Crippen molar-refractivity contribution in [2.24, 2.45) is 21.7 Å². The van der Waals surface area contributed by atoms with Crippen LogP contribution in [-0.2, 0) is 0 Å². The van der Waals surface area contributed by atoms with Crippen molar-refractivity contribution in [2.75, 3.05) is 0 Å². The molecule has 0 bridgehead atoms. The van der Waals surface area contributed by atoms with E-state index in [2.05, 4.69) is 0 Å². The maximum atomic E-state index is 10.8. The maximum absolute atomic E-state index is 10.8. The second-order valence-corrected chi connectivity index (χ2v) is 7.49. The molecular weight excluding hydrogens is 200 g/mol. The molecule has 0 spiro atoms. The average Bonchev–Trinajstić information content (AvgIpc) is 3.05. The van der Waals surface area contributed by atoms with Gasteiger partial charge in [0.25, 0.3) is 0 Å². The largest absolute Gasteiger partial charge is 0.392 e. The molecule has 88 valence electrons. The van der Waals surface area contributed by atoms with Crippen LogP contribution < -0.4 is 0 Å². The Hall–Kier alpha value is -0.0800. The lowest BCUT2D eigenvalue weighted by atomic mass is 9.67. The molecule has 5 saturated carbocycles. The Morgan fingerprint density at radius 3 is 1.25 bits per heavy atom. The third-order valence-corrected chi connectivity index (χ3v) is 7.58. The molecule has 5 aliphatic rings. The molecule has 0 unspecified atom stereocenters. The second kappa shape index (κ2) is 2.01. The minimum atomic E-state index is -0.0756. The van der Waals surface area contributed by atoms with E-state index in [-0.39, 0.29) is 33.9 Å². The molecule has 2 N–H and O–H groups in total. The first-order chi connectivity index (χ1) is 7.64. The fourth-order valence-corrected chi connectivity index (χ4v) is 6.91. The van der Waals surface area contributed by atoms with Crippen molar-refractivity contribution in [2.45, 2.75) is 63.6 Å². The smallest absolute Gasteiger partial charge is 0.0665 e. The zero-order valence-corrected chi connectivity index (χ0v) is 9.71. The molecule has 0 heterocycles. The third-order valence-electron chi connectivity index (χ3n) is 7.58. The summed E-state index contributed by atoms with van der Waals surface area (Å²) in [5.41, 5.74) is 0.654. The van der Waals surface area contributed by atoms with E-state index < -0.39 is 0 Å². The number of hydrogen-bond acceptors (Lipinski definition) is 2. The number of hydrogen-bond donors (Lipinski definition) is 2. The van der Waals surface area contributed by atoms with Crippen LogP contribution in [0.25, 0.3) is 0 Å². The summed E-state index contributed by atoms with van der Waals surface area (Å²) in [6.07, 6.45) is 9.32. The van der Waals surface area contributed by atoms with Gasteiger partial charge in [0.15, 0.2) is 0 Å². The topological polar surface area (TPSA) is 40.5 Å². The molecule has 0 aromatic carbocycles. The molecule has 4 atom stereocenters. The van der Waals surface area contributed by atoms with Gasteiger partial charge in [0.1, 0.15) is 0 Å². The Labute approximate surface area is 96.0 Å². The van der Waals surface area contributed by atoms with Crippen LogP contribution in [0, 0.1) is 21.7 Å². The Bertz CT molecular complexity index is 338. The van der Waals surface area contributed by atoms with E-state index in [9.17, 15) is 10.2 Å². The first-order valence-corrected chi connectivity index (χ1v) is 7.00. The van der Waals surface area contributed by atoms with Crippen molar-refractivity contribution in [3.63, 3.8) is 0 Å². The number of rotatable bonds is 0. The normalized spacial score (nSPS) is 73.9. The maximum Gasteiger partial charge on any atom is 0.0665 e. The second-order valence-electron chi connectivity index (χ2n) is 7.49. The van der Waals surface area contributed by atoms with Crippen LogP contribution in [-0.4, -0.2) is 22.4 Å². The lowest BCUT2D eigenvalue weighted by Gasteiger charge is -2.42. The van der Waals surface area contributed by atoms with Crippen molar-refractivity contribution in [3.05, 3.63) is 0 Å². The van der Waals surface area contributed by atoms with Crippen LogP contribution in [0.4, 0.5) is 0 Å². The van der Waals surface area contributed by atoms with Crippen LogP contribution in [0.2, 0.25) is 0 Å². The fourth-order valence-electron chi connectivity index (χ4n) is 6.91. The fraction of sp³-hybridized carbons (Fsp3) is 1.00. The zero-order valence-electron chi connectivity index (χ0n) is 9.71. The molecule has 0 radical (unpaired) electrons. The molecule has 2 heteroatoms. The molecule has 0 aliphatic heterocycles. The highest BCUT2D eigenvalue weighted by Gasteiger charge is 2.92. The lowest BCUT2D eigenvalue weighted by molar-refractivity contribution is -0.0969. The van der Waals surface area contributed by atoms with Crippen molar-refractivity contribution in [1.29, 1.82) is 0 Å². The van der Waals surface area contributed by atoms with E-state index in [1.807, 2.05) is 0 Å². The highest BCUT2D eigenvalue weighted by Crippen LogP contribution is 2.93. The minimum absolute atomic E-state index is 0.0756. The van der Waals surface area contributed by atoms with Crippen LogP contribution in [0.1, 0.15) is 51.4 Å². The monoisotopic (exact) mass is 220 g/mol. The van der Waals surface area contributed by atoms with E-state index in [4.69, 9.17) is 0 Å². The summed E-state index contributed by atoms with van der Waals surface area (Å²) >= 11 is 0. The summed E-state index contributed by atoms with van der Waals surface area (Å²) in [7, 11) is 0. The first kappa shape index (κ1) is 8.93. The van der Waals surface area contributed by atoms with Gasteiger partial charge < -0.3 is 10.2 Å². The summed E-state index contributed by atoms with van der Waals surface area (Å²) in [6, 6.07) is 0. The molecule has 16 heavy (non-hydrogen) atoms. The summed E-state index contributed by atoms with van der Waals surface area (Å²) in [6.45, 7) is 0. The van der Waals surface area contributed by atoms with E-state index in [0.717, 1.165) is 12.8 Å². The number of aliphatic hydroxyl groups excluding tert-OH is 2. The van der Waals surface area contributed by atoms with Gasteiger partial charge in [-0.3, -0.25) is 0 Å². The Kier molecular flexibility index (Phi) is 1.12. The molecule has 0 saturated heterocycles. The molecule has 5 fully saturated rings. The predicted octanol–water partition coefficient (Wildman–Crippen LogP) is 1.84. The van der Waals surface area contributed by atoms with Gasteiger partial charge >= 0.3 is 0 Å². The zero-order chi connectivity index (χ0) is 10.8. The molecule has 5 aliphatic carbocycles. The van der Waals surface area contributed by atoms with Gasteiger partial charge in [0, 0.05) is 21.7 Å². The third kappa shape index (κ3) is 0.535. The molecule has 5 rings (SSSR count). The van der Waals surface area contributed by atoms with Gasteiger partial charge in [-0.25, -0.2) is 0 Å². The van der Waals surface area contributed by atoms with Crippen molar-refractivity contribution < 1.29 is 10.2 Å². The van der Waals surface area contributed by atoms with E-state index in [1.54, 1.807) is 0 Å². The van der Waals surface area contributed by atoms with Gasteiger partial charge in [-0.2, -0.15) is 0 Å². The minimum Gasteiger partial charge on any atom is -0.392 e. The summed E-state index contributed by atoms with van der Waals surface area (Å²) in [4.78, 5) is 0. The number of aliphatic hydroxyl groups is 2. The highest BCUT2D eigenvalue weighted by atomic mass is 16.3. The quantitative estimate of drug-likeness (QED) is 0.654. The average molecular weight is 220 g/mol. The van der Waals surface area contributed by atoms with Gasteiger partial charge in [-0.15, -0.1) is 0 Å². The lowest BCUT2D eigenvalue weighted by Crippen LogP contribution is -2.48. The van der Waals surface area contributed by atoms with Crippen molar-refractivity contribution in [1.82, 2.24) is 0 Å². The van der Waals surface area contributed by atoms with Gasteiger partial charge in [0.05, 0.1) is 12.2 Å². The van der Waals surface area contributed by atoms with Crippen LogP contribution >= 0.6 is 0 Å². The highest BCUT2D eigenvalue weighted by molar-refractivity contribution is 5.41. The van der Waals surface area contributed by atoms with Gasteiger partial charge in [-0.1, -0.05) is 12.8 Å². The molecule has 0 amide bonds. The molecule has 0 aromatic rings. The van der Waals surface area contributed by atoms with Crippen molar-refractivity contribution >= 4 is 0 Å². The Morgan fingerprint density at radius 2 is 0.938 bits per heavy atom. The van der Waals surface area contributed by atoms with E-state index in [0.29, 0.717) is 0 Å². The standard InChI is InChI=1S/C14H20O2/c15-9-11-3-1-4-12(11,7-11)10(16)14-6-2-5-13(9,14)8-14/h9-10,15-16H,1-8H2/t9?,10?,11-,12+,13-,14+. The molecule has 2 nitrogen and oxygen atoms in total. The first-order valence-electron chi connectivity index (χ1n) is 7.00. The van der Waals surface area contributed by atoms with Crippen molar-refractivity contribution in [3.8, 4) is 0 Å². The van der Waals surface area contributed by atoms with Crippen LogP contribution in [0.3, 0.4) is 0 Å². The predicted molar refractivity (Wildman–Crippen MR) is 58.7 cm³/mol. The van der Waals surface area contributed by atoms with Crippen LogP contribution in [0.15, 0.2) is 0 Å². The van der Waals surface area contributed by atoms with Crippen LogP contribution in [0.5, 0.6) is 0 Å². The summed E-state index contributed by atoms with van der Waals surface area (Å²) in [5, 5.41) is 21.7. The summed E-state index contributed by atoms with van der Waals surface area (Å²) in [5.74, 6) is 0. The van der Waals surface area contributed by atoms with E-state index in [1.165, 1.54) is 38.5 Å². The Balaban J connectivity index is 1.72. The summed E-state index contributed by atoms with van der Waals surface area (Å²) < 4.78 is 0. The molecular formula is C14H20O2. The van der Waals surface area contributed by atoms with E-state index >= 15 is 0 Å². The SMILES string of the molecule is OC1[C@@]23CCC[C@@]2(C3)C(O)[C@]23CCC[C@]12C3. The van der Waals surface area contributed by atoms with Gasteiger partial charge in [0.2, 0.25) is 0 Å².